The molecule has 1 aliphatic heterocycles. The van der Waals surface area contributed by atoms with Crippen molar-refractivity contribution < 1.29 is 9.32 Å². The molecule has 1 amide bonds. The molecule has 1 aromatic carbocycles. The van der Waals surface area contributed by atoms with E-state index in [1.165, 1.54) is 0 Å². The Labute approximate surface area is 138 Å². The third-order valence-electron chi connectivity index (χ3n) is 4.22. The van der Waals surface area contributed by atoms with Crippen molar-refractivity contribution in [1.82, 2.24) is 24.8 Å². The number of benzene rings is 1. The van der Waals surface area contributed by atoms with Crippen LogP contribution in [0.1, 0.15) is 30.0 Å². The molecular weight excluding hydrogens is 306 g/mol. The molecule has 0 fully saturated rings. The Hall–Kier alpha value is -2.96. The summed E-state index contributed by atoms with van der Waals surface area (Å²) in [4.78, 5) is 14.6. The van der Waals surface area contributed by atoms with E-state index in [-0.39, 0.29) is 11.9 Å². The molecule has 0 saturated heterocycles. The number of rotatable bonds is 3. The molecule has 3 aromatic rings. The number of carbonyl (C=O) groups is 1. The van der Waals surface area contributed by atoms with Crippen LogP contribution in [0.3, 0.4) is 0 Å². The van der Waals surface area contributed by atoms with Crippen LogP contribution in [0.15, 0.2) is 40.9 Å². The van der Waals surface area contributed by atoms with Crippen LogP contribution in [0.4, 0.5) is 0 Å². The van der Waals surface area contributed by atoms with Crippen LogP contribution in [-0.2, 0) is 17.9 Å². The minimum atomic E-state index is -0.382. The van der Waals surface area contributed by atoms with E-state index in [0.717, 1.165) is 17.1 Å². The summed E-state index contributed by atoms with van der Waals surface area (Å²) in [6.07, 6.45) is 0. The first-order chi connectivity index (χ1) is 11.6. The molecule has 0 radical (unpaired) electrons. The van der Waals surface area contributed by atoms with Crippen LogP contribution in [-0.4, -0.2) is 30.7 Å². The number of aromatic nitrogens is 4. The van der Waals surface area contributed by atoms with Crippen LogP contribution in [0.5, 0.6) is 0 Å². The molecule has 0 spiro atoms. The first-order valence-electron chi connectivity index (χ1n) is 7.83. The average molecular weight is 323 g/mol. The van der Waals surface area contributed by atoms with Gasteiger partial charge in [0.1, 0.15) is 6.04 Å². The topological polar surface area (TPSA) is 77.0 Å². The maximum absolute atomic E-state index is 12.8. The lowest BCUT2D eigenvalue weighted by Crippen LogP contribution is -2.41. The van der Waals surface area contributed by atoms with E-state index in [0.29, 0.717) is 24.7 Å². The Balaban J connectivity index is 1.66. The van der Waals surface area contributed by atoms with E-state index in [2.05, 4.69) is 15.4 Å². The monoisotopic (exact) mass is 323 g/mol. The average Bonchev–Trinajstić information content (AvgIpc) is 3.19. The molecule has 0 aliphatic carbocycles. The molecule has 0 saturated carbocycles. The van der Waals surface area contributed by atoms with Gasteiger partial charge in [-0.25, -0.2) is 0 Å². The lowest BCUT2D eigenvalue weighted by molar-refractivity contribution is -0.137. The zero-order chi connectivity index (χ0) is 16.7. The summed E-state index contributed by atoms with van der Waals surface area (Å²) in [6.45, 7) is 4.70. The fraction of sp³-hybridized carbons (Fsp3) is 0.294. The van der Waals surface area contributed by atoms with Gasteiger partial charge in [0.2, 0.25) is 17.5 Å². The second-order valence-electron chi connectivity index (χ2n) is 6.00. The summed E-state index contributed by atoms with van der Waals surface area (Å²) in [6, 6.07) is 11.4. The standard InChI is InChI=1S/C17H17N5O2/c1-11-8-14(24-20-11)16-19-18-15-10-21(17(23)12(2)22(15)16)9-13-6-4-3-5-7-13/h3-8,12H,9-10H2,1-2H3/t12-/m1/s1. The fourth-order valence-corrected chi connectivity index (χ4v) is 3.04. The van der Waals surface area contributed by atoms with Gasteiger partial charge in [0, 0.05) is 12.6 Å². The van der Waals surface area contributed by atoms with Crippen LogP contribution >= 0.6 is 0 Å². The molecule has 2 aromatic heterocycles. The van der Waals surface area contributed by atoms with Gasteiger partial charge >= 0.3 is 0 Å². The SMILES string of the molecule is Cc1cc(-c2nnc3n2[C@H](C)C(=O)N(Cc2ccccc2)C3)on1. The Morgan fingerprint density at radius 2 is 2.04 bits per heavy atom. The zero-order valence-corrected chi connectivity index (χ0v) is 13.5. The van der Waals surface area contributed by atoms with Crippen molar-refractivity contribution in [2.45, 2.75) is 33.0 Å². The summed E-state index contributed by atoms with van der Waals surface area (Å²) in [7, 11) is 0. The van der Waals surface area contributed by atoms with Crippen LogP contribution < -0.4 is 0 Å². The zero-order valence-electron chi connectivity index (χ0n) is 13.5. The van der Waals surface area contributed by atoms with E-state index in [1.807, 2.05) is 48.7 Å². The summed E-state index contributed by atoms with van der Waals surface area (Å²) in [5.74, 6) is 1.87. The number of aryl methyl sites for hydroxylation is 1. The van der Waals surface area contributed by atoms with E-state index < -0.39 is 0 Å². The van der Waals surface area contributed by atoms with Crippen molar-refractivity contribution in [3.05, 3.63) is 53.5 Å². The molecule has 7 nitrogen and oxygen atoms in total. The Bertz CT molecular complexity index is 884. The van der Waals surface area contributed by atoms with E-state index in [1.54, 1.807) is 11.0 Å². The van der Waals surface area contributed by atoms with Crippen molar-refractivity contribution in [2.75, 3.05) is 0 Å². The molecule has 122 valence electrons. The lowest BCUT2D eigenvalue weighted by Gasteiger charge is -2.31. The van der Waals surface area contributed by atoms with Gasteiger partial charge in [0.25, 0.3) is 0 Å². The van der Waals surface area contributed by atoms with Gasteiger partial charge in [0.05, 0.1) is 12.2 Å². The van der Waals surface area contributed by atoms with Gasteiger partial charge < -0.3 is 9.42 Å². The Morgan fingerprint density at radius 3 is 2.75 bits per heavy atom. The second-order valence-corrected chi connectivity index (χ2v) is 6.00. The smallest absolute Gasteiger partial charge is 0.246 e. The highest BCUT2D eigenvalue weighted by Gasteiger charge is 2.34. The van der Waals surface area contributed by atoms with Gasteiger partial charge in [-0.2, -0.15) is 0 Å². The van der Waals surface area contributed by atoms with E-state index in [4.69, 9.17) is 4.52 Å². The molecule has 0 bridgehead atoms. The highest BCUT2D eigenvalue weighted by molar-refractivity contribution is 5.81. The molecule has 1 atom stereocenters. The molecule has 4 rings (SSSR count). The summed E-state index contributed by atoms with van der Waals surface area (Å²) < 4.78 is 7.12. The van der Waals surface area contributed by atoms with Crippen molar-refractivity contribution in [1.29, 1.82) is 0 Å². The number of hydrogen-bond donors (Lipinski definition) is 0. The highest BCUT2D eigenvalue weighted by atomic mass is 16.5. The van der Waals surface area contributed by atoms with Gasteiger partial charge in [0.15, 0.2) is 5.82 Å². The summed E-state index contributed by atoms with van der Waals surface area (Å²) in [5, 5.41) is 12.3. The summed E-state index contributed by atoms with van der Waals surface area (Å²) in [5.41, 5.74) is 1.86. The molecule has 3 heterocycles. The van der Waals surface area contributed by atoms with E-state index in [9.17, 15) is 4.79 Å². The minimum Gasteiger partial charge on any atom is -0.353 e. The maximum Gasteiger partial charge on any atom is 0.246 e. The number of hydrogen-bond acceptors (Lipinski definition) is 5. The van der Waals surface area contributed by atoms with Crippen molar-refractivity contribution in [3.63, 3.8) is 0 Å². The van der Waals surface area contributed by atoms with Gasteiger partial charge in [-0.1, -0.05) is 35.5 Å². The van der Waals surface area contributed by atoms with Gasteiger partial charge in [-0.05, 0) is 19.4 Å². The fourth-order valence-electron chi connectivity index (χ4n) is 3.04. The first kappa shape index (κ1) is 14.6. The minimum absolute atomic E-state index is 0.0450. The lowest BCUT2D eigenvalue weighted by atomic mass is 10.1. The van der Waals surface area contributed by atoms with Crippen LogP contribution in [0.2, 0.25) is 0 Å². The quantitative estimate of drug-likeness (QED) is 0.739. The van der Waals surface area contributed by atoms with Crippen molar-refractivity contribution >= 4 is 5.91 Å². The normalized spacial score (nSPS) is 17.2. The molecule has 0 N–H and O–H groups in total. The van der Waals surface area contributed by atoms with E-state index >= 15 is 0 Å². The molecular formula is C17H17N5O2. The summed E-state index contributed by atoms with van der Waals surface area (Å²) >= 11 is 0. The molecule has 24 heavy (non-hydrogen) atoms. The Kier molecular flexibility index (Phi) is 3.41. The predicted molar refractivity (Wildman–Crippen MR) is 85.7 cm³/mol. The number of amides is 1. The number of nitrogens with zero attached hydrogens (tertiary/aromatic N) is 5. The largest absolute Gasteiger partial charge is 0.353 e. The van der Waals surface area contributed by atoms with Gasteiger partial charge in [-0.3, -0.25) is 9.36 Å². The third-order valence-corrected chi connectivity index (χ3v) is 4.22. The Morgan fingerprint density at radius 1 is 1.25 bits per heavy atom. The maximum atomic E-state index is 12.8. The number of fused-ring (bicyclic) bond motifs is 1. The second kappa shape index (κ2) is 5.59. The van der Waals surface area contributed by atoms with Crippen molar-refractivity contribution in [2.24, 2.45) is 0 Å². The molecule has 1 aliphatic rings. The van der Waals surface area contributed by atoms with Crippen molar-refractivity contribution in [3.8, 4) is 11.6 Å². The number of carbonyl (C=O) groups excluding carboxylic acids is 1. The predicted octanol–water partition coefficient (Wildman–Crippen LogP) is 2.34. The highest BCUT2D eigenvalue weighted by Crippen LogP contribution is 2.29. The molecule has 7 heteroatoms. The van der Waals surface area contributed by atoms with Gasteiger partial charge in [-0.15, -0.1) is 10.2 Å². The first-order valence-corrected chi connectivity index (χ1v) is 7.83. The molecule has 0 unspecified atom stereocenters. The van der Waals surface area contributed by atoms with Crippen LogP contribution in [0, 0.1) is 6.92 Å². The third kappa shape index (κ3) is 2.38. The van der Waals surface area contributed by atoms with Crippen LogP contribution in [0.25, 0.3) is 11.6 Å².